The fraction of sp³-hybridized carbons (Fsp3) is 0.417. The Hall–Kier alpha value is -2.71. The molecule has 0 saturated heterocycles. The van der Waals surface area contributed by atoms with E-state index in [-0.39, 0.29) is 23.7 Å². The second kappa shape index (κ2) is 6.64. The van der Waals surface area contributed by atoms with Crippen LogP contribution in [0.3, 0.4) is 0 Å². The number of carbonyl (C=O) groups excluding carboxylic acids is 1. The summed E-state index contributed by atoms with van der Waals surface area (Å²) in [7, 11) is 2.64. The number of pyridine rings is 1. The number of aliphatic carboxylic acids is 1. The number of esters is 1. The van der Waals surface area contributed by atoms with Crippen LogP contribution >= 0.6 is 0 Å². The zero-order chi connectivity index (χ0) is 16.2. The molecule has 0 saturated carbocycles. The van der Waals surface area contributed by atoms with Gasteiger partial charge in [0.05, 0.1) is 18.0 Å². The van der Waals surface area contributed by atoms with Crippen LogP contribution in [0.5, 0.6) is 0 Å². The van der Waals surface area contributed by atoms with Gasteiger partial charge in [-0.2, -0.15) is 0 Å². The van der Waals surface area contributed by atoms with Crippen molar-refractivity contribution in [3.8, 4) is 0 Å². The molecule has 1 N–H and O–H groups in total. The average molecular weight is 297 g/mol. The highest BCUT2D eigenvalue weighted by Crippen LogP contribution is 2.26. The molecule has 0 spiro atoms. The van der Waals surface area contributed by atoms with Gasteiger partial charge in [0.2, 0.25) is 5.82 Å². The maximum atomic E-state index is 11.4. The second-order valence-electron chi connectivity index (χ2n) is 4.41. The average Bonchev–Trinajstić information content (AvgIpc) is 2.45. The molecule has 1 rings (SSSR count). The van der Waals surface area contributed by atoms with Crippen LogP contribution in [0.2, 0.25) is 0 Å². The summed E-state index contributed by atoms with van der Waals surface area (Å²) < 4.78 is 4.51. The van der Waals surface area contributed by atoms with Gasteiger partial charge in [0.1, 0.15) is 0 Å². The standard InChI is InChI=1S/C12H15N3O6/c1-7(11(16)17)6-14(2)10-9(15(19)20)5-4-8(13-10)12(18)21-3/h4-5,7H,6H2,1-3H3,(H,16,17). The molecule has 114 valence electrons. The molecule has 1 unspecified atom stereocenters. The lowest BCUT2D eigenvalue weighted by molar-refractivity contribution is -0.384. The molecule has 1 aromatic rings. The third-order valence-electron chi connectivity index (χ3n) is 2.78. The Morgan fingerprint density at radius 1 is 1.52 bits per heavy atom. The SMILES string of the molecule is COC(=O)c1ccc([N+](=O)[O-])c(N(C)CC(C)C(=O)O)n1. The number of carbonyl (C=O) groups is 2. The molecule has 0 bridgehead atoms. The summed E-state index contributed by atoms with van der Waals surface area (Å²) in [5, 5.41) is 19.9. The smallest absolute Gasteiger partial charge is 0.356 e. The first-order valence-corrected chi connectivity index (χ1v) is 5.95. The highest BCUT2D eigenvalue weighted by atomic mass is 16.6. The number of ether oxygens (including phenoxy) is 1. The van der Waals surface area contributed by atoms with Crippen molar-refractivity contribution < 1.29 is 24.4 Å². The zero-order valence-electron chi connectivity index (χ0n) is 11.8. The number of rotatable bonds is 6. The lowest BCUT2D eigenvalue weighted by atomic mass is 10.1. The van der Waals surface area contributed by atoms with Crippen molar-refractivity contribution in [1.29, 1.82) is 0 Å². The van der Waals surface area contributed by atoms with E-state index >= 15 is 0 Å². The number of aromatic nitrogens is 1. The van der Waals surface area contributed by atoms with Gasteiger partial charge in [-0.25, -0.2) is 9.78 Å². The molecule has 1 aromatic heterocycles. The van der Waals surface area contributed by atoms with Crippen LogP contribution in [0.1, 0.15) is 17.4 Å². The van der Waals surface area contributed by atoms with Gasteiger partial charge >= 0.3 is 17.6 Å². The van der Waals surface area contributed by atoms with Crippen molar-refractivity contribution >= 4 is 23.4 Å². The maximum absolute atomic E-state index is 11.4. The van der Waals surface area contributed by atoms with Crippen LogP contribution in [0, 0.1) is 16.0 Å². The fourth-order valence-electron chi connectivity index (χ4n) is 1.66. The van der Waals surface area contributed by atoms with E-state index in [1.807, 2.05) is 0 Å². The number of methoxy groups -OCH3 is 1. The van der Waals surface area contributed by atoms with Crippen molar-refractivity contribution in [2.45, 2.75) is 6.92 Å². The van der Waals surface area contributed by atoms with Crippen molar-refractivity contribution in [3.63, 3.8) is 0 Å². The van der Waals surface area contributed by atoms with Gasteiger partial charge in [0.25, 0.3) is 0 Å². The first-order valence-electron chi connectivity index (χ1n) is 5.95. The molecular weight excluding hydrogens is 282 g/mol. The molecule has 1 atom stereocenters. The van der Waals surface area contributed by atoms with E-state index in [0.29, 0.717) is 0 Å². The van der Waals surface area contributed by atoms with Gasteiger partial charge in [-0.15, -0.1) is 0 Å². The molecule has 0 fully saturated rings. The van der Waals surface area contributed by atoms with E-state index in [0.717, 1.165) is 6.07 Å². The zero-order valence-corrected chi connectivity index (χ0v) is 11.8. The van der Waals surface area contributed by atoms with Crippen LogP contribution in [0.4, 0.5) is 11.5 Å². The molecule has 1 heterocycles. The Morgan fingerprint density at radius 3 is 2.62 bits per heavy atom. The highest BCUT2D eigenvalue weighted by molar-refractivity contribution is 5.88. The van der Waals surface area contributed by atoms with Crippen LogP contribution in [0.15, 0.2) is 12.1 Å². The quantitative estimate of drug-likeness (QED) is 0.467. The first kappa shape index (κ1) is 16.3. The van der Waals surface area contributed by atoms with E-state index < -0.39 is 22.8 Å². The van der Waals surface area contributed by atoms with E-state index in [4.69, 9.17) is 5.11 Å². The predicted molar refractivity (Wildman–Crippen MR) is 72.3 cm³/mol. The van der Waals surface area contributed by atoms with E-state index in [1.165, 1.54) is 32.0 Å². The number of hydrogen-bond donors (Lipinski definition) is 1. The monoisotopic (exact) mass is 297 g/mol. The number of carboxylic acid groups (broad SMARTS) is 1. The minimum absolute atomic E-state index is 0.00774. The van der Waals surface area contributed by atoms with Crippen LogP contribution in [0.25, 0.3) is 0 Å². The molecule has 9 heteroatoms. The van der Waals surface area contributed by atoms with Crippen LogP contribution in [-0.2, 0) is 9.53 Å². The molecule has 9 nitrogen and oxygen atoms in total. The van der Waals surface area contributed by atoms with Gasteiger partial charge in [-0.05, 0) is 6.07 Å². The topological polar surface area (TPSA) is 123 Å². The molecule has 0 radical (unpaired) electrons. The van der Waals surface area contributed by atoms with Crippen molar-refractivity contribution in [2.75, 3.05) is 25.6 Å². The summed E-state index contributed by atoms with van der Waals surface area (Å²) in [5.74, 6) is -2.60. The highest BCUT2D eigenvalue weighted by Gasteiger charge is 2.24. The number of hydrogen-bond acceptors (Lipinski definition) is 7. The van der Waals surface area contributed by atoms with Gasteiger partial charge in [0.15, 0.2) is 5.69 Å². The largest absolute Gasteiger partial charge is 0.481 e. The number of carboxylic acids is 1. The van der Waals surface area contributed by atoms with Gasteiger partial charge in [0, 0.05) is 19.7 Å². The number of anilines is 1. The third-order valence-corrected chi connectivity index (χ3v) is 2.78. The normalized spacial score (nSPS) is 11.6. The Labute approximate surface area is 120 Å². The van der Waals surface area contributed by atoms with E-state index in [2.05, 4.69) is 9.72 Å². The Bertz CT molecular complexity index is 574. The Kier molecular flexibility index (Phi) is 5.17. The summed E-state index contributed by atoms with van der Waals surface area (Å²) in [6.07, 6.45) is 0. The molecule has 0 aromatic carbocycles. The van der Waals surface area contributed by atoms with Gasteiger partial charge in [-0.3, -0.25) is 14.9 Å². The summed E-state index contributed by atoms with van der Waals surface area (Å²) in [5.41, 5.74) is -0.407. The molecule has 0 aliphatic rings. The molecular formula is C12H15N3O6. The first-order chi connectivity index (χ1) is 9.77. The fourth-order valence-corrected chi connectivity index (χ4v) is 1.66. The molecule has 0 aliphatic heterocycles. The van der Waals surface area contributed by atoms with Gasteiger partial charge in [-0.1, -0.05) is 6.92 Å². The summed E-state index contributed by atoms with van der Waals surface area (Å²) >= 11 is 0. The molecule has 0 aliphatic carbocycles. The molecule has 21 heavy (non-hydrogen) atoms. The van der Waals surface area contributed by atoms with Crippen LogP contribution in [-0.4, -0.2) is 47.7 Å². The van der Waals surface area contributed by atoms with E-state index in [1.54, 1.807) is 0 Å². The van der Waals surface area contributed by atoms with Crippen molar-refractivity contribution in [3.05, 3.63) is 27.9 Å². The predicted octanol–water partition coefficient (Wildman–Crippen LogP) is 0.933. The lowest BCUT2D eigenvalue weighted by Crippen LogP contribution is -2.30. The van der Waals surface area contributed by atoms with Crippen molar-refractivity contribution in [2.24, 2.45) is 5.92 Å². The Balaban J connectivity index is 3.19. The number of nitrogens with zero attached hydrogens (tertiary/aromatic N) is 3. The Morgan fingerprint density at radius 2 is 2.14 bits per heavy atom. The summed E-state index contributed by atoms with van der Waals surface area (Å²) in [6.45, 7) is 1.47. The van der Waals surface area contributed by atoms with Crippen molar-refractivity contribution in [1.82, 2.24) is 4.98 Å². The third kappa shape index (κ3) is 3.88. The number of nitro groups is 1. The lowest BCUT2D eigenvalue weighted by Gasteiger charge is -2.20. The summed E-state index contributed by atoms with van der Waals surface area (Å²) in [6, 6.07) is 2.32. The van der Waals surface area contributed by atoms with Gasteiger partial charge < -0.3 is 14.7 Å². The summed E-state index contributed by atoms with van der Waals surface area (Å²) in [4.78, 5) is 37.9. The minimum atomic E-state index is -1.03. The second-order valence-corrected chi connectivity index (χ2v) is 4.41. The van der Waals surface area contributed by atoms with E-state index in [9.17, 15) is 19.7 Å². The molecule has 0 amide bonds. The van der Waals surface area contributed by atoms with Crippen LogP contribution < -0.4 is 4.90 Å². The minimum Gasteiger partial charge on any atom is -0.481 e. The maximum Gasteiger partial charge on any atom is 0.356 e.